The number of rotatable bonds is 5. The second kappa shape index (κ2) is 7.68. The number of hydrogen-bond acceptors (Lipinski definition) is 7. The molecule has 1 aromatic heterocycles. The molecule has 0 atom stereocenters. The predicted octanol–water partition coefficient (Wildman–Crippen LogP) is 2.99. The average molecular weight is 370 g/mol. The van der Waals surface area contributed by atoms with Crippen molar-refractivity contribution in [1.29, 1.82) is 5.26 Å². The maximum Gasteiger partial charge on any atom is 0.363 e. The summed E-state index contributed by atoms with van der Waals surface area (Å²) >= 11 is 5.91. The SMILES string of the molecule is COc1cc(/C=C2\N=C(c3cc(Cl)ccn3)OC2=O)ccc1OCC#N. The van der Waals surface area contributed by atoms with Crippen molar-refractivity contribution in [3.8, 4) is 17.6 Å². The lowest BCUT2D eigenvalue weighted by molar-refractivity contribution is -0.129. The minimum Gasteiger partial charge on any atom is -0.493 e. The normalized spacial score (nSPS) is 14.6. The number of hydrogen-bond donors (Lipinski definition) is 0. The number of nitriles is 1. The standard InChI is InChI=1S/C18H12ClN3O4/c1-24-16-9-11(2-3-15(16)25-7-5-20)8-14-18(23)26-17(22-14)13-10-12(19)4-6-21-13/h2-4,6,8-10H,7H2,1H3/b14-8-. The summed E-state index contributed by atoms with van der Waals surface area (Å²) in [5, 5.41) is 9.06. The fourth-order valence-electron chi connectivity index (χ4n) is 2.20. The van der Waals surface area contributed by atoms with Gasteiger partial charge in [0, 0.05) is 11.2 Å². The van der Waals surface area contributed by atoms with Crippen LogP contribution in [0.2, 0.25) is 5.02 Å². The van der Waals surface area contributed by atoms with E-state index in [1.807, 2.05) is 6.07 Å². The molecule has 0 bridgehead atoms. The maximum atomic E-state index is 12.1. The maximum absolute atomic E-state index is 12.1. The van der Waals surface area contributed by atoms with Gasteiger partial charge in [0.05, 0.1) is 7.11 Å². The van der Waals surface area contributed by atoms with E-state index in [1.54, 1.807) is 36.4 Å². The van der Waals surface area contributed by atoms with E-state index in [9.17, 15) is 4.79 Å². The van der Waals surface area contributed by atoms with Crippen molar-refractivity contribution in [2.45, 2.75) is 0 Å². The monoisotopic (exact) mass is 369 g/mol. The van der Waals surface area contributed by atoms with Gasteiger partial charge in [-0.15, -0.1) is 0 Å². The number of pyridine rings is 1. The number of aliphatic imine (C=N–C) groups is 1. The first kappa shape index (κ1) is 17.5. The topological polar surface area (TPSA) is 93.8 Å². The van der Waals surface area contributed by atoms with E-state index >= 15 is 0 Å². The zero-order chi connectivity index (χ0) is 18.5. The number of nitrogens with zero attached hydrogens (tertiary/aromatic N) is 3. The molecule has 0 spiro atoms. The van der Waals surface area contributed by atoms with Gasteiger partial charge < -0.3 is 14.2 Å². The molecule has 0 radical (unpaired) electrons. The molecule has 1 aromatic carbocycles. The van der Waals surface area contributed by atoms with Crippen LogP contribution in [0.3, 0.4) is 0 Å². The van der Waals surface area contributed by atoms with Gasteiger partial charge in [-0.3, -0.25) is 4.98 Å². The summed E-state index contributed by atoms with van der Waals surface area (Å²) in [6, 6.07) is 10.1. The van der Waals surface area contributed by atoms with E-state index in [0.717, 1.165) is 0 Å². The Morgan fingerprint density at radius 2 is 2.15 bits per heavy atom. The highest BCUT2D eigenvalue weighted by molar-refractivity contribution is 6.31. The molecule has 7 nitrogen and oxygen atoms in total. The Bertz CT molecular complexity index is 963. The van der Waals surface area contributed by atoms with Crippen LogP contribution in [0.5, 0.6) is 11.5 Å². The second-order valence-electron chi connectivity index (χ2n) is 5.05. The van der Waals surface area contributed by atoms with Crippen molar-refractivity contribution in [2.75, 3.05) is 13.7 Å². The highest BCUT2D eigenvalue weighted by atomic mass is 35.5. The molecule has 0 N–H and O–H groups in total. The van der Waals surface area contributed by atoms with Crippen LogP contribution in [0.15, 0.2) is 47.2 Å². The average Bonchev–Trinajstić information content (AvgIpc) is 3.01. The number of aromatic nitrogens is 1. The number of carbonyl (C=O) groups is 1. The molecule has 0 saturated carbocycles. The summed E-state index contributed by atoms with van der Waals surface area (Å²) in [5.74, 6) is 0.356. The number of halogens is 1. The molecule has 0 fully saturated rings. The van der Waals surface area contributed by atoms with E-state index < -0.39 is 5.97 Å². The molecule has 1 aliphatic rings. The van der Waals surface area contributed by atoms with Crippen molar-refractivity contribution in [3.63, 3.8) is 0 Å². The Hall–Kier alpha value is -3.37. The summed E-state index contributed by atoms with van der Waals surface area (Å²) < 4.78 is 15.7. The van der Waals surface area contributed by atoms with Gasteiger partial charge in [-0.1, -0.05) is 17.7 Å². The molecule has 0 aliphatic carbocycles. The van der Waals surface area contributed by atoms with Gasteiger partial charge in [-0.25, -0.2) is 9.79 Å². The molecule has 2 heterocycles. The van der Waals surface area contributed by atoms with Crippen LogP contribution in [0.4, 0.5) is 0 Å². The van der Waals surface area contributed by atoms with Crippen LogP contribution in [0.1, 0.15) is 11.3 Å². The molecule has 0 amide bonds. The lowest BCUT2D eigenvalue weighted by Gasteiger charge is -2.08. The van der Waals surface area contributed by atoms with Crippen LogP contribution in [-0.4, -0.2) is 30.6 Å². The van der Waals surface area contributed by atoms with Gasteiger partial charge in [0.25, 0.3) is 0 Å². The van der Waals surface area contributed by atoms with E-state index in [2.05, 4.69) is 9.98 Å². The van der Waals surface area contributed by atoms with Gasteiger partial charge in [-0.2, -0.15) is 5.26 Å². The number of cyclic esters (lactones) is 1. The highest BCUT2D eigenvalue weighted by Crippen LogP contribution is 2.29. The van der Waals surface area contributed by atoms with E-state index in [0.29, 0.717) is 27.8 Å². The predicted molar refractivity (Wildman–Crippen MR) is 94.0 cm³/mol. The number of carbonyl (C=O) groups excluding carboxylic acids is 1. The molecule has 130 valence electrons. The van der Waals surface area contributed by atoms with Gasteiger partial charge in [0.2, 0.25) is 5.90 Å². The summed E-state index contributed by atoms with van der Waals surface area (Å²) in [6.07, 6.45) is 3.05. The van der Waals surface area contributed by atoms with Crippen molar-refractivity contribution >= 4 is 29.5 Å². The molecule has 2 aromatic rings. The summed E-state index contributed by atoms with van der Waals surface area (Å²) in [4.78, 5) is 20.3. The van der Waals surface area contributed by atoms with E-state index in [1.165, 1.54) is 13.3 Å². The van der Waals surface area contributed by atoms with Gasteiger partial charge in [0.15, 0.2) is 23.8 Å². The zero-order valence-corrected chi connectivity index (χ0v) is 14.4. The smallest absolute Gasteiger partial charge is 0.363 e. The van der Waals surface area contributed by atoms with Crippen molar-refractivity contribution < 1.29 is 19.0 Å². The summed E-state index contributed by atoms with van der Waals surface area (Å²) in [6.45, 7) is -0.0938. The Morgan fingerprint density at radius 1 is 1.31 bits per heavy atom. The Kier molecular flexibility index (Phi) is 5.15. The van der Waals surface area contributed by atoms with Crippen LogP contribution in [0.25, 0.3) is 6.08 Å². The number of esters is 1. The van der Waals surface area contributed by atoms with Gasteiger partial charge in [-0.05, 0) is 35.9 Å². The largest absolute Gasteiger partial charge is 0.493 e. The zero-order valence-electron chi connectivity index (χ0n) is 13.6. The molecule has 0 unspecified atom stereocenters. The van der Waals surface area contributed by atoms with Crippen molar-refractivity contribution in [2.24, 2.45) is 4.99 Å². The lowest BCUT2D eigenvalue weighted by atomic mass is 10.1. The minimum atomic E-state index is -0.592. The summed E-state index contributed by atoms with van der Waals surface area (Å²) in [7, 11) is 1.48. The van der Waals surface area contributed by atoms with Gasteiger partial charge >= 0.3 is 5.97 Å². The van der Waals surface area contributed by atoms with Crippen molar-refractivity contribution in [3.05, 3.63) is 58.5 Å². The number of methoxy groups -OCH3 is 1. The summed E-state index contributed by atoms with van der Waals surface area (Å²) in [5.41, 5.74) is 1.14. The number of ether oxygens (including phenoxy) is 3. The third-order valence-electron chi connectivity index (χ3n) is 3.34. The Labute approximate surface area is 154 Å². The molecule has 3 rings (SSSR count). The first-order valence-electron chi connectivity index (χ1n) is 7.43. The van der Waals surface area contributed by atoms with E-state index in [4.69, 9.17) is 31.1 Å². The van der Waals surface area contributed by atoms with Crippen LogP contribution in [-0.2, 0) is 9.53 Å². The number of benzene rings is 1. The fourth-order valence-corrected chi connectivity index (χ4v) is 2.36. The first-order valence-corrected chi connectivity index (χ1v) is 7.81. The highest BCUT2D eigenvalue weighted by Gasteiger charge is 2.25. The lowest BCUT2D eigenvalue weighted by Crippen LogP contribution is -2.07. The van der Waals surface area contributed by atoms with Crippen LogP contribution < -0.4 is 9.47 Å². The van der Waals surface area contributed by atoms with Crippen LogP contribution >= 0.6 is 11.6 Å². The second-order valence-corrected chi connectivity index (χ2v) is 5.49. The molecular weight excluding hydrogens is 358 g/mol. The Balaban J connectivity index is 1.89. The molecular formula is C18H12ClN3O4. The van der Waals surface area contributed by atoms with E-state index in [-0.39, 0.29) is 18.2 Å². The van der Waals surface area contributed by atoms with Crippen LogP contribution in [0, 0.1) is 11.3 Å². The first-order chi connectivity index (χ1) is 12.6. The molecule has 1 aliphatic heterocycles. The Morgan fingerprint density at radius 3 is 2.88 bits per heavy atom. The quantitative estimate of drug-likeness (QED) is 0.594. The molecule has 0 saturated heterocycles. The minimum absolute atomic E-state index is 0.0877. The third kappa shape index (κ3) is 3.82. The van der Waals surface area contributed by atoms with Gasteiger partial charge in [0.1, 0.15) is 11.8 Å². The molecule has 26 heavy (non-hydrogen) atoms. The van der Waals surface area contributed by atoms with Crippen molar-refractivity contribution in [1.82, 2.24) is 4.98 Å². The third-order valence-corrected chi connectivity index (χ3v) is 3.58. The molecule has 8 heteroatoms. The fraction of sp³-hybridized carbons (Fsp3) is 0.111.